The molecule has 2 aromatic heterocycles. The fourth-order valence-electron chi connectivity index (χ4n) is 1.78. The highest BCUT2D eigenvalue weighted by atomic mass is 32.1. The van der Waals surface area contributed by atoms with Crippen LogP contribution < -0.4 is 5.32 Å². The van der Waals surface area contributed by atoms with Crippen LogP contribution in [0.4, 0.5) is 5.13 Å². The Labute approximate surface area is 126 Å². The van der Waals surface area contributed by atoms with E-state index in [1.165, 1.54) is 14.0 Å². The summed E-state index contributed by atoms with van der Waals surface area (Å²) in [7, 11) is 1.26. The van der Waals surface area contributed by atoms with E-state index >= 15 is 0 Å². The molecule has 21 heavy (non-hydrogen) atoms. The number of anilines is 1. The topological polar surface area (TPSA) is 81.2 Å². The van der Waals surface area contributed by atoms with Gasteiger partial charge < -0.3 is 10.1 Å². The summed E-state index contributed by atoms with van der Waals surface area (Å²) in [6, 6.07) is 3.75. The number of carbonyl (C=O) groups is 2. The van der Waals surface area contributed by atoms with Crippen molar-refractivity contribution < 1.29 is 14.3 Å². The highest BCUT2D eigenvalue weighted by Crippen LogP contribution is 2.27. The number of nitrogens with zero attached hydrogens (tertiary/aromatic N) is 2. The zero-order chi connectivity index (χ0) is 15.4. The van der Waals surface area contributed by atoms with Crippen LogP contribution in [0.1, 0.15) is 45.6 Å². The predicted molar refractivity (Wildman–Crippen MR) is 79.7 cm³/mol. The van der Waals surface area contributed by atoms with Crippen molar-refractivity contribution in [2.24, 2.45) is 0 Å². The number of ketones is 1. The average Bonchev–Trinajstić information content (AvgIpc) is 2.91. The van der Waals surface area contributed by atoms with E-state index in [0.29, 0.717) is 10.0 Å². The third-order valence-corrected chi connectivity index (χ3v) is 3.96. The van der Waals surface area contributed by atoms with E-state index in [-0.39, 0.29) is 17.5 Å². The number of methoxy groups -OCH3 is 1. The molecule has 2 heterocycles. The molecule has 6 nitrogen and oxygen atoms in total. The lowest BCUT2D eigenvalue weighted by Gasteiger charge is -2.12. The van der Waals surface area contributed by atoms with E-state index < -0.39 is 5.97 Å². The maximum Gasteiger partial charge on any atom is 0.358 e. The molecule has 0 bridgehead atoms. The van der Waals surface area contributed by atoms with Crippen molar-refractivity contribution in [2.45, 2.75) is 19.9 Å². The van der Waals surface area contributed by atoms with E-state index in [9.17, 15) is 9.59 Å². The van der Waals surface area contributed by atoms with E-state index in [1.54, 1.807) is 12.4 Å². The summed E-state index contributed by atoms with van der Waals surface area (Å²) in [5.74, 6) is -0.821. The van der Waals surface area contributed by atoms with Crippen molar-refractivity contribution in [1.29, 1.82) is 0 Å². The number of rotatable bonds is 5. The first-order valence-electron chi connectivity index (χ1n) is 6.29. The molecule has 2 aromatic rings. The Morgan fingerprint density at radius 3 is 2.57 bits per heavy atom. The number of Topliss-reactive ketones (excluding diaryl/α,β-unsaturated/α-hetero) is 1. The third kappa shape index (κ3) is 3.43. The second-order valence-corrected chi connectivity index (χ2v) is 5.39. The van der Waals surface area contributed by atoms with E-state index in [1.807, 2.05) is 19.1 Å². The molecular weight excluding hydrogens is 290 g/mol. The van der Waals surface area contributed by atoms with Gasteiger partial charge in [0.15, 0.2) is 16.6 Å². The maximum atomic E-state index is 11.6. The van der Waals surface area contributed by atoms with Crippen molar-refractivity contribution in [1.82, 2.24) is 9.97 Å². The SMILES string of the molecule is COC(=O)c1nc(NC(C)c2ccncc2)sc1C(C)=O. The van der Waals surface area contributed by atoms with E-state index in [2.05, 4.69) is 20.0 Å². The number of carbonyl (C=O) groups excluding carboxylic acids is 2. The molecule has 0 amide bonds. The number of thiazole rings is 1. The molecule has 0 fully saturated rings. The lowest BCUT2D eigenvalue weighted by Crippen LogP contribution is -2.08. The Hall–Kier alpha value is -2.28. The van der Waals surface area contributed by atoms with Gasteiger partial charge in [0.05, 0.1) is 13.2 Å². The minimum atomic E-state index is -0.610. The molecule has 0 saturated carbocycles. The van der Waals surface area contributed by atoms with Crippen LogP contribution in [0.2, 0.25) is 0 Å². The van der Waals surface area contributed by atoms with Gasteiger partial charge in [0.25, 0.3) is 0 Å². The van der Waals surface area contributed by atoms with Gasteiger partial charge in [0, 0.05) is 19.3 Å². The molecule has 0 radical (unpaired) electrons. The zero-order valence-corrected chi connectivity index (χ0v) is 12.7. The van der Waals surface area contributed by atoms with Gasteiger partial charge in [0.1, 0.15) is 4.88 Å². The summed E-state index contributed by atoms with van der Waals surface area (Å²) in [5, 5.41) is 3.68. The molecule has 2 rings (SSSR count). The Bertz CT molecular complexity index is 655. The summed E-state index contributed by atoms with van der Waals surface area (Å²) < 4.78 is 4.65. The second kappa shape index (κ2) is 6.45. The van der Waals surface area contributed by atoms with Crippen molar-refractivity contribution in [3.8, 4) is 0 Å². The van der Waals surface area contributed by atoms with Gasteiger partial charge in [-0.25, -0.2) is 9.78 Å². The highest BCUT2D eigenvalue weighted by molar-refractivity contribution is 7.17. The van der Waals surface area contributed by atoms with Crippen LogP contribution in [0.3, 0.4) is 0 Å². The van der Waals surface area contributed by atoms with Gasteiger partial charge in [-0.3, -0.25) is 9.78 Å². The highest BCUT2D eigenvalue weighted by Gasteiger charge is 2.22. The van der Waals surface area contributed by atoms with Crippen molar-refractivity contribution in [2.75, 3.05) is 12.4 Å². The zero-order valence-electron chi connectivity index (χ0n) is 11.9. The first kappa shape index (κ1) is 15.1. The summed E-state index contributed by atoms with van der Waals surface area (Å²) in [4.78, 5) is 31.6. The Balaban J connectivity index is 2.25. The Kier molecular flexibility index (Phi) is 4.64. The summed E-state index contributed by atoms with van der Waals surface area (Å²) in [6.07, 6.45) is 3.41. The summed E-state index contributed by atoms with van der Waals surface area (Å²) >= 11 is 1.15. The summed E-state index contributed by atoms with van der Waals surface area (Å²) in [5.41, 5.74) is 1.09. The minimum Gasteiger partial charge on any atom is -0.464 e. The number of aromatic nitrogens is 2. The molecule has 0 saturated heterocycles. The first-order chi connectivity index (χ1) is 10.0. The fraction of sp³-hybridized carbons (Fsp3) is 0.286. The minimum absolute atomic E-state index is 0.0237. The van der Waals surface area contributed by atoms with Crippen molar-refractivity contribution in [3.63, 3.8) is 0 Å². The smallest absolute Gasteiger partial charge is 0.358 e. The number of nitrogens with one attached hydrogen (secondary N) is 1. The largest absolute Gasteiger partial charge is 0.464 e. The van der Waals surface area contributed by atoms with Crippen LogP contribution in [0.25, 0.3) is 0 Å². The molecule has 7 heteroatoms. The molecule has 110 valence electrons. The molecule has 0 aliphatic rings. The van der Waals surface area contributed by atoms with Gasteiger partial charge in [-0.05, 0) is 24.6 Å². The number of ether oxygens (including phenoxy) is 1. The molecule has 0 aliphatic carbocycles. The third-order valence-electron chi connectivity index (χ3n) is 2.87. The van der Waals surface area contributed by atoms with Crippen LogP contribution in [-0.4, -0.2) is 28.8 Å². The molecule has 1 unspecified atom stereocenters. The molecule has 1 N–H and O–H groups in total. The van der Waals surface area contributed by atoms with Crippen LogP contribution >= 0.6 is 11.3 Å². The molecular formula is C14H15N3O3S. The maximum absolute atomic E-state index is 11.6. The van der Waals surface area contributed by atoms with E-state index in [0.717, 1.165) is 16.9 Å². The van der Waals surface area contributed by atoms with Gasteiger partial charge in [-0.1, -0.05) is 11.3 Å². The Morgan fingerprint density at radius 1 is 1.33 bits per heavy atom. The lowest BCUT2D eigenvalue weighted by atomic mass is 10.1. The molecule has 1 atom stereocenters. The Morgan fingerprint density at radius 2 is 2.00 bits per heavy atom. The van der Waals surface area contributed by atoms with Crippen LogP contribution in [-0.2, 0) is 4.74 Å². The lowest BCUT2D eigenvalue weighted by molar-refractivity contribution is 0.0591. The van der Waals surface area contributed by atoms with Crippen LogP contribution in [0.5, 0.6) is 0 Å². The van der Waals surface area contributed by atoms with Gasteiger partial charge in [-0.15, -0.1) is 0 Å². The second-order valence-electron chi connectivity index (χ2n) is 4.39. The molecule has 0 aliphatic heterocycles. The standard InChI is InChI=1S/C14H15N3O3S/c1-8(10-4-6-15-7-5-10)16-14-17-11(13(19)20-3)12(21-14)9(2)18/h4-8H,1-3H3,(H,16,17). The first-order valence-corrected chi connectivity index (χ1v) is 7.11. The van der Waals surface area contributed by atoms with Crippen LogP contribution in [0, 0.1) is 0 Å². The monoisotopic (exact) mass is 305 g/mol. The quantitative estimate of drug-likeness (QED) is 0.675. The number of pyridine rings is 1. The normalized spacial score (nSPS) is 11.8. The fourth-order valence-corrected chi connectivity index (χ4v) is 2.71. The van der Waals surface area contributed by atoms with Crippen molar-refractivity contribution >= 4 is 28.2 Å². The van der Waals surface area contributed by atoms with Crippen molar-refractivity contribution in [3.05, 3.63) is 40.7 Å². The molecule has 0 aromatic carbocycles. The number of hydrogen-bond acceptors (Lipinski definition) is 7. The van der Waals surface area contributed by atoms with Crippen LogP contribution in [0.15, 0.2) is 24.5 Å². The van der Waals surface area contributed by atoms with Gasteiger partial charge >= 0.3 is 5.97 Å². The van der Waals surface area contributed by atoms with Gasteiger partial charge in [0.2, 0.25) is 0 Å². The number of esters is 1. The predicted octanol–water partition coefficient (Wildman–Crippen LogP) is 2.70. The van der Waals surface area contributed by atoms with E-state index in [4.69, 9.17) is 0 Å². The van der Waals surface area contributed by atoms with Gasteiger partial charge in [-0.2, -0.15) is 0 Å². The average molecular weight is 305 g/mol. The number of hydrogen-bond donors (Lipinski definition) is 1. The summed E-state index contributed by atoms with van der Waals surface area (Å²) in [6.45, 7) is 3.36. The molecule has 0 spiro atoms.